The highest BCUT2D eigenvalue weighted by molar-refractivity contribution is 6.02. The number of hydrogen-bond donors (Lipinski definition) is 5. The number of nitrogens with two attached hydrogens (primary N) is 1. The van der Waals surface area contributed by atoms with Crippen molar-refractivity contribution in [2.75, 3.05) is 6.54 Å². The first kappa shape index (κ1) is 21.3. The van der Waals surface area contributed by atoms with Crippen LogP contribution in [0.25, 0.3) is 0 Å². The molecule has 27 heavy (non-hydrogen) atoms. The molecule has 2 rings (SSSR count). The summed E-state index contributed by atoms with van der Waals surface area (Å²) in [5.41, 5.74) is 4.76. The molecule has 0 aromatic heterocycles. The highest BCUT2D eigenvalue weighted by Crippen LogP contribution is 2.22. The number of carbonyl (C=O) groups excluding carboxylic acids is 2. The number of carbonyl (C=O) groups is 4. The third-order valence-corrected chi connectivity index (χ3v) is 3.38. The quantitative estimate of drug-likeness (QED) is 0.485. The number of hydrogen-bond acceptors (Lipinski definition) is 7. The Bertz CT molecular complexity index is 872. The number of aromatic carboxylic acids is 2. The lowest BCUT2D eigenvalue weighted by Gasteiger charge is -2.02. The number of benzene rings is 2. The Morgan fingerprint density at radius 2 is 1.44 bits per heavy atom. The van der Waals surface area contributed by atoms with Gasteiger partial charge in [-0.05, 0) is 37.3 Å². The molecule has 142 valence electrons. The first-order valence-electron chi connectivity index (χ1n) is 7.45. The predicted molar refractivity (Wildman–Crippen MR) is 93.5 cm³/mol. The number of carboxylic acids is 2. The van der Waals surface area contributed by atoms with E-state index in [9.17, 15) is 24.3 Å². The second-order valence-corrected chi connectivity index (χ2v) is 5.23. The van der Waals surface area contributed by atoms with E-state index in [1.807, 2.05) is 0 Å². The van der Waals surface area contributed by atoms with E-state index in [0.717, 1.165) is 12.1 Å². The predicted octanol–water partition coefficient (Wildman–Crippen LogP) is 1.52. The number of aromatic hydroxyl groups is 2. The topological polar surface area (TPSA) is 175 Å². The van der Waals surface area contributed by atoms with Gasteiger partial charge in [-0.15, -0.1) is 0 Å². The molecule has 0 aliphatic rings. The lowest BCUT2D eigenvalue weighted by atomic mass is 10.1. The maximum Gasteiger partial charge on any atom is 0.339 e. The van der Waals surface area contributed by atoms with Crippen molar-refractivity contribution in [2.24, 2.45) is 5.73 Å². The minimum absolute atomic E-state index is 0.0277. The van der Waals surface area contributed by atoms with E-state index in [2.05, 4.69) is 0 Å². The van der Waals surface area contributed by atoms with Crippen LogP contribution in [0.15, 0.2) is 36.4 Å². The maximum atomic E-state index is 11.1. The third-order valence-electron chi connectivity index (χ3n) is 3.38. The Balaban J connectivity index is 0.000000271. The van der Waals surface area contributed by atoms with Crippen LogP contribution < -0.4 is 5.73 Å². The Morgan fingerprint density at radius 3 is 1.93 bits per heavy atom. The van der Waals surface area contributed by atoms with Crippen LogP contribution in [0.2, 0.25) is 0 Å². The molecule has 0 heterocycles. The van der Waals surface area contributed by atoms with Gasteiger partial charge in [0.25, 0.3) is 0 Å². The van der Waals surface area contributed by atoms with Gasteiger partial charge >= 0.3 is 11.9 Å². The van der Waals surface area contributed by atoms with E-state index in [1.165, 1.54) is 31.2 Å². The lowest BCUT2D eigenvalue weighted by molar-refractivity contribution is 0.0682. The van der Waals surface area contributed by atoms with Crippen molar-refractivity contribution in [2.45, 2.75) is 6.92 Å². The summed E-state index contributed by atoms with van der Waals surface area (Å²) < 4.78 is 0. The largest absolute Gasteiger partial charge is 0.507 e. The van der Waals surface area contributed by atoms with Crippen molar-refractivity contribution in [3.05, 3.63) is 58.7 Å². The van der Waals surface area contributed by atoms with E-state index in [0.29, 0.717) is 0 Å². The summed E-state index contributed by atoms with van der Waals surface area (Å²) in [5, 5.41) is 35.7. The van der Waals surface area contributed by atoms with Crippen LogP contribution in [0.3, 0.4) is 0 Å². The summed E-state index contributed by atoms with van der Waals surface area (Å²) in [6.45, 7) is 1.07. The van der Waals surface area contributed by atoms with Crippen LogP contribution in [0, 0.1) is 0 Å². The van der Waals surface area contributed by atoms with Crippen LogP contribution in [0.5, 0.6) is 11.5 Å². The highest BCUT2D eigenvalue weighted by Gasteiger charge is 2.15. The summed E-state index contributed by atoms with van der Waals surface area (Å²) in [7, 11) is 0. The zero-order chi connectivity index (χ0) is 20.7. The molecule has 0 bridgehead atoms. The Morgan fingerprint density at radius 1 is 0.889 bits per heavy atom. The molecule has 0 unspecified atom stereocenters. The van der Waals surface area contributed by atoms with E-state index in [1.54, 1.807) is 0 Å². The van der Waals surface area contributed by atoms with Crippen LogP contribution in [0.1, 0.15) is 48.4 Å². The Labute approximate surface area is 153 Å². The molecule has 0 saturated heterocycles. The first-order valence-corrected chi connectivity index (χ1v) is 7.45. The second-order valence-electron chi connectivity index (χ2n) is 5.23. The highest BCUT2D eigenvalue weighted by atomic mass is 16.4. The smallest absolute Gasteiger partial charge is 0.339 e. The molecule has 9 heteroatoms. The van der Waals surface area contributed by atoms with E-state index < -0.39 is 17.7 Å². The normalized spacial score (nSPS) is 9.70. The van der Waals surface area contributed by atoms with E-state index in [4.69, 9.17) is 21.1 Å². The zero-order valence-corrected chi connectivity index (χ0v) is 14.2. The fraction of sp³-hybridized carbons (Fsp3) is 0.111. The van der Waals surface area contributed by atoms with Crippen LogP contribution in [-0.2, 0) is 0 Å². The number of ketones is 2. The van der Waals surface area contributed by atoms with Crippen LogP contribution in [0.4, 0.5) is 0 Å². The number of para-hydroxylation sites is 1. The second kappa shape index (κ2) is 9.11. The van der Waals surface area contributed by atoms with Crippen molar-refractivity contribution < 1.29 is 39.6 Å². The molecule has 6 N–H and O–H groups in total. The molecular formula is C18H17NO8. The van der Waals surface area contributed by atoms with Gasteiger partial charge in [-0.3, -0.25) is 9.59 Å². The molecule has 0 radical (unpaired) electrons. The van der Waals surface area contributed by atoms with Crippen molar-refractivity contribution in [1.29, 1.82) is 0 Å². The van der Waals surface area contributed by atoms with Gasteiger partial charge in [-0.2, -0.15) is 0 Å². The number of phenols is 2. The summed E-state index contributed by atoms with van der Waals surface area (Å²) in [5.74, 6) is -4.10. The molecule has 0 amide bonds. The van der Waals surface area contributed by atoms with Crippen molar-refractivity contribution in [3.63, 3.8) is 0 Å². The molecule has 9 nitrogen and oxygen atoms in total. The third kappa shape index (κ3) is 5.38. The minimum Gasteiger partial charge on any atom is -0.507 e. The number of rotatable bonds is 5. The van der Waals surface area contributed by atoms with E-state index >= 15 is 0 Å². The molecule has 0 atom stereocenters. The van der Waals surface area contributed by atoms with Gasteiger partial charge in [0.15, 0.2) is 11.6 Å². The lowest BCUT2D eigenvalue weighted by Crippen LogP contribution is -2.14. The molecule has 0 saturated carbocycles. The van der Waals surface area contributed by atoms with Crippen molar-refractivity contribution >= 4 is 23.5 Å². The summed E-state index contributed by atoms with van der Waals surface area (Å²) in [6.07, 6.45) is 0. The van der Waals surface area contributed by atoms with Crippen LogP contribution in [-0.4, -0.2) is 50.5 Å². The fourth-order valence-electron chi connectivity index (χ4n) is 2.00. The number of Topliss-reactive ketones (excluding diaryl/α,β-unsaturated/α-hetero) is 2. The average Bonchev–Trinajstić information content (AvgIpc) is 2.61. The maximum absolute atomic E-state index is 11.1. The molecule has 0 spiro atoms. The Hall–Kier alpha value is -3.72. The van der Waals surface area contributed by atoms with Gasteiger partial charge in [0.05, 0.1) is 12.1 Å². The van der Waals surface area contributed by atoms with Gasteiger partial charge < -0.3 is 26.2 Å². The van der Waals surface area contributed by atoms with Crippen LogP contribution >= 0.6 is 0 Å². The van der Waals surface area contributed by atoms with Gasteiger partial charge in [0, 0.05) is 5.56 Å². The summed E-state index contributed by atoms with van der Waals surface area (Å²) >= 11 is 0. The van der Waals surface area contributed by atoms with E-state index in [-0.39, 0.29) is 46.1 Å². The van der Waals surface area contributed by atoms with Gasteiger partial charge in [-0.25, -0.2) is 9.59 Å². The summed E-state index contributed by atoms with van der Waals surface area (Å²) in [4.78, 5) is 43.1. The molecular weight excluding hydrogens is 358 g/mol. The Kier molecular flexibility index (Phi) is 7.19. The standard InChI is InChI=1S/C9H9NO4.C9H8O4/c10-4-8(12)5-1-2-7(11)6(3-5)9(13)14;1-5(10)6-3-2-4-7(8(6)11)9(12)13/h1-3,11H,4,10H2,(H,13,14);2-4,11H,1H3,(H,12,13). The fourth-order valence-corrected chi connectivity index (χ4v) is 2.00. The summed E-state index contributed by atoms with van der Waals surface area (Å²) in [6, 6.07) is 7.63. The molecule has 2 aromatic rings. The van der Waals surface area contributed by atoms with Crippen molar-refractivity contribution in [1.82, 2.24) is 0 Å². The van der Waals surface area contributed by atoms with Crippen molar-refractivity contribution in [3.8, 4) is 11.5 Å². The zero-order valence-electron chi connectivity index (χ0n) is 14.2. The first-order chi connectivity index (χ1) is 12.6. The molecule has 0 aliphatic heterocycles. The van der Waals surface area contributed by atoms with Gasteiger partial charge in [0.2, 0.25) is 0 Å². The monoisotopic (exact) mass is 375 g/mol. The molecule has 2 aromatic carbocycles. The SMILES string of the molecule is CC(=O)c1cccc(C(=O)O)c1O.NCC(=O)c1ccc(O)c(C(=O)O)c1. The molecule has 0 aliphatic carbocycles. The average molecular weight is 375 g/mol. The van der Waals surface area contributed by atoms with Gasteiger partial charge in [0.1, 0.15) is 22.6 Å². The van der Waals surface area contributed by atoms with Gasteiger partial charge in [-0.1, -0.05) is 6.07 Å². The number of carboxylic acid groups (broad SMARTS) is 2. The molecule has 0 fully saturated rings. The minimum atomic E-state index is -1.28.